The van der Waals surface area contributed by atoms with Crippen molar-refractivity contribution in [2.24, 2.45) is 7.05 Å². The van der Waals surface area contributed by atoms with Crippen molar-refractivity contribution in [2.45, 2.75) is 59.5 Å². The summed E-state index contributed by atoms with van der Waals surface area (Å²) in [6, 6.07) is 2.33. The molecule has 2 aromatic heterocycles. The minimum absolute atomic E-state index is 0.207. The molecule has 2 aromatic rings. The minimum Gasteiger partial charge on any atom is -0.338 e. The molecule has 130 valence electrons. The zero-order valence-electron chi connectivity index (χ0n) is 15.3. The Bertz CT molecular complexity index is 758. The zero-order chi connectivity index (χ0) is 17.4. The van der Waals surface area contributed by atoms with Crippen molar-refractivity contribution in [1.29, 1.82) is 0 Å². The molecule has 6 nitrogen and oxygen atoms in total. The van der Waals surface area contributed by atoms with E-state index in [2.05, 4.69) is 23.2 Å². The predicted molar refractivity (Wildman–Crippen MR) is 92.8 cm³/mol. The smallest absolute Gasteiger partial charge is 0.227 e. The van der Waals surface area contributed by atoms with Crippen molar-refractivity contribution in [1.82, 2.24) is 24.5 Å². The van der Waals surface area contributed by atoms with E-state index in [1.54, 1.807) is 0 Å². The van der Waals surface area contributed by atoms with Crippen LogP contribution in [0.4, 0.5) is 0 Å². The van der Waals surface area contributed by atoms with Gasteiger partial charge in [0.05, 0.1) is 30.4 Å². The summed E-state index contributed by atoms with van der Waals surface area (Å²) < 4.78 is 3.89. The fraction of sp³-hybridized carbons (Fsp3) is 0.611. The molecular formula is C18H27N5O. The molecule has 1 saturated heterocycles. The van der Waals surface area contributed by atoms with Crippen LogP contribution in [-0.2, 0) is 24.8 Å². The molecule has 1 fully saturated rings. The molecule has 0 aromatic carbocycles. The number of rotatable bonds is 4. The zero-order valence-corrected chi connectivity index (χ0v) is 15.3. The van der Waals surface area contributed by atoms with Gasteiger partial charge in [0, 0.05) is 30.5 Å². The van der Waals surface area contributed by atoms with E-state index < -0.39 is 0 Å². The highest BCUT2D eigenvalue weighted by Crippen LogP contribution is 2.22. The van der Waals surface area contributed by atoms with E-state index in [0.717, 1.165) is 54.3 Å². The Hall–Kier alpha value is -2.11. The lowest BCUT2D eigenvalue weighted by molar-refractivity contribution is -0.131. The van der Waals surface area contributed by atoms with Gasteiger partial charge in [0.15, 0.2) is 0 Å². The first-order valence-electron chi connectivity index (χ1n) is 8.66. The van der Waals surface area contributed by atoms with Crippen molar-refractivity contribution >= 4 is 5.91 Å². The normalized spacial score (nSPS) is 17.7. The molecule has 1 aliphatic heterocycles. The molecule has 6 heteroatoms. The van der Waals surface area contributed by atoms with Crippen molar-refractivity contribution in [2.75, 3.05) is 6.54 Å². The summed E-state index contributed by atoms with van der Waals surface area (Å²) in [5.74, 6) is 0.207. The molecule has 1 atom stereocenters. The van der Waals surface area contributed by atoms with Gasteiger partial charge in [-0.2, -0.15) is 10.2 Å². The molecule has 0 saturated carbocycles. The number of likely N-dealkylation sites (tertiary alicyclic amines) is 1. The number of carbonyl (C=O) groups excluding carboxylic acids is 1. The maximum Gasteiger partial charge on any atom is 0.227 e. The Morgan fingerprint density at radius 2 is 2.00 bits per heavy atom. The van der Waals surface area contributed by atoms with E-state index in [1.807, 2.05) is 42.1 Å². The molecule has 0 spiro atoms. The van der Waals surface area contributed by atoms with E-state index in [0.29, 0.717) is 6.42 Å². The van der Waals surface area contributed by atoms with Crippen LogP contribution in [0.5, 0.6) is 0 Å². The Balaban J connectivity index is 1.73. The minimum atomic E-state index is 0.207. The van der Waals surface area contributed by atoms with Crippen LogP contribution in [0.3, 0.4) is 0 Å². The molecule has 24 heavy (non-hydrogen) atoms. The van der Waals surface area contributed by atoms with E-state index in [9.17, 15) is 4.79 Å². The summed E-state index contributed by atoms with van der Waals surface area (Å²) in [5, 5.41) is 8.97. The Labute approximate surface area is 143 Å². The number of hydrogen-bond donors (Lipinski definition) is 0. The van der Waals surface area contributed by atoms with Gasteiger partial charge in [0.1, 0.15) is 0 Å². The van der Waals surface area contributed by atoms with Gasteiger partial charge in [0.2, 0.25) is 5.91 Å². The SMILES string of the molecule is Cc1cc(C)n(C[C@H]2CCCN2C(=O)Cc2c(C)nn(C)c2C)n1. The highest BCUT2D eigenvalue weighted by molar-refractivity contribution is 5.80. The number of aromatic nitrogens is 4. The summed E-state index contributed by atoms with van der Waals surface area (Å²) >= 11 is 0. The average Bonchev–Trinajstić information content (AvgIpc) is 3.16. The van der Waals surface area contributed by atoms with Crippen molar-refractivity contribution in [3.63, 3.8) is 0 Å². The number of aryl methyl sites for hydroxylation is 4. The summed E-state index contributed by atoms with van der Waals surface area (Å²) in [7, 11) is 1.93. The van der Waals surface area contributed by atoms with Crippen LogP contribution in [0, 0.1) is 27.7 Å². The van der Waals surface area contributed by atoms with Gasteiger partial charge in [-0.3, -0.25) is 14.2 Å². The van der Waals surface area contributed by atoms with E-state index in [4.69, 9.17) is 0 Å². The standard InChI is InChI=1S/C18H27N5O/c1-12-9-13(2)23(19-12)11-16-7-6-8-22(16)18(24)10-17-14(3)20-21(5)15(17)4/h9,16H,6-8,10-11H2,1-5H3/t16-/m1/s1. The largest absolute Gasteiger partial charge is 0.338 e. The molecule has 0 N–H and O–H groups in total. The van der Waals surface area contributed by atoms with E-state index in [1.165, 1.54) is 0 Å². The van der Waals surface area contributed by atoms with Gasteiger partial charge < -0.3 is 4.90 Å². The first kappa shape index (κ1) is 16.7. The lowest BCUT2D eigenvalue weighted by atomic mass is 10.1. The topological polar surface area (TPSA) is 56.0 Å². The maximum absolute atomic E-state index is 12.9. The number of amides is 1. The highest BCUT2D eigenvalue weighted by Gasteiger charge is 2.30. The van der Waals surface area contributed by atoms with Crippen LogP contribution in [0.2, 0.25) is 0 Å². The van der Waals surface area contributed by atoms with Crippen LogP contribution in [-0.4, -0.2) is 43.0 Å². The third kappa shape index (κ3) is 3.09. The quantitative estimate of drug-likeness (QED) is 0.863. The molecule has 1 amide bonds. The molecule has 1 aliphatic rings. The summed E-state index contributed by atoms with van der Waals surface area (Å²) in [6.45, 7) is 9.73. The Kier molecular flexibility index (Phi) is 4.47. The van der Waals surface area contributed by atoms with Crippen molar-refractivity contribution < 1.29 is 4.79 Å². The second-order valence-electron chi connectivity index (χ2n) is 6.94. The van der Waals surface area contributed by atoms with Crippen LogP contribution in [0.1, 0.15) is 41.2 Å². The van der Waals surface area contributed by atoms with E-state index >= 15 is 0 Å². The molecule has 0 radical (unpaired) electrons. The van der Waals surface area contributed by atoms with E-state index in [-0.39, 0.29) is 11.9 Å². The van der Waals surface area contributed by atoms with Gasteiger partial charge in [-0.1, -0.05) is 0 Å². The van der Waals surface area contributed by atoms with Gasteiger partial charge in [-0.25, -0.2) is 0 Å². The third-order valence-corrected chi connectivity index (χ3v) is 5.17. The highest BCUT2D eigenvalue weighted by atomic mass is 16.2. The number of nitrogens with zero attached hydrogens (tertiary/aromatic N) is 5. The van der Waals surface area contributed by atoms with Gasteiger partial charge in [-0.05, 0) is 46.6 Å². The molecule has 0 aliphatic carbocycles. The molecular weight excluding hydrogens is 302 g/mol. The van der Waals surface area contributed by atoms with Gasteiger partial charge in [-0.15, -0.1) is 0 Å². The van der Waals surface area contributed by atoms with Crippen LogP contribution in [0.15, 0.2) is 6.07 Å². The van der Waals surface area contributed by atoms with Crippen molar-refractivity contribution in [3.8, 4) is 0 Å². The Morgan fingerprint density at radius 1 is 1.25 bits per heavy atom. The van der Waals surface area contributed by atoms with Crippen LogP contribution in [0.25, 0.3) is 0 Å². The van der Waals surface area contributed by atoms with Crippen LogP contribution >= 0.6 is 0 Å². The molecule has 0 unspecified atom stereocenters. The Morgan fingerprint density at radius 3 is 2.58 bits per heavy atom. The summed E-state index contributed by atoms with van der Waals surface area (Å²) in [4.78, 5) is 14.9. The molecule has 3 rings (SSSR count). The summed E-state index contributed by atoms with van der Waals surface area (Å²) in [6.07, 6.45) is 2.56. The fourth-order valence-electron chi connectivity index (χ4n) is 3.74. The first-order chi connectivity index (χ1) is 11.4. The fourth-order valence-corrected chi connectivity index (χ4v) is 3.74. The first-order valence-corrected chi connectivity index (χ1v) is 8.66. The maximum atomic E-state index is 12.9. The average molecular weight is 329 g/mol. The molecule has 0 bridgehead atoms. The second kappa shape index (κ2) is 6.42. The lowest BCUT2D eigenvalue weighted by Crippen LogP contribution is -2.39. The van der Waals surface area contributed by atoms with Gasteiger partial charge >= 0.3 is 0 Å². The van der Waals surface area contributed by atoms with Crippen LogP contribution < -0.4 is 0 Å². The molecule has 3 heterocycles. The lowest BCUT2D eigenvalue weighted by Gasteiger charge is -2.25. The predicted octanol–water partition coefficient (Wildman–Crippen LogP) is 2.08. The van der Waals surface area contributed by atoms with Gasteiger partial charge in [0.25, 0.3) is 0 Å². The third-order valence-electron chi connectivity index (χ3n) is 5.17. The number of carbonyl (C=O) groups is 1. The monoisotopic (exact) mass is 329 g/mol. The number of hydrogen-bond acceptors (Lipinski definition) is 3. The second-order valence-corrected chi connectivity index (χ2v) is 6.94. The van der Waals surface area contributed by atoms with Crippen molar-refractivity contribution in [3.05, 3.63) is 34.4 Å². The summed E-state index contributed by atoms with van der Waals surface area (Å²) in [5.41, 5.74) is 5.29.